The Bertz CT molecular complexity index is 857. The molecule has 2 aromatic carbocycles. The number of carbonyl (C=O) groups excluding carboxylic acids is 1. The van der Waals surface area contributed by atoms with Crippen molar-refractivity contribution in [2.24, 2.45) is 5.92 Å². The van der Waals surface area contributed by atoms with E-state index in [4.69, 9.17) is 10.00 Å². The number of rotatable bonds is 8. The second-order valence-corrected chi connectivity index (χ2v) is 7.20. The van der Waals surface area contributed by atoms with Gasteiger partial charge in [0.2, 0.25) is 5.91 Å². The molecule has 0 spiro atoms. The molecular weight excluding hydrogens is 369 g/mol. The van der Waals surface area contributed by atoms with Crippen LogP contribution in [-0.2, 0) is 11.2 Å². The van der Waals surface area contributed by atoms with Crippen LogP contribution in [0.5, 0.6) is 5.75 Å². The van der Waals surface area contributed by atoms with Crippen molar-refractivity contribution in [1.82, 2.24) is 10.2 Å². The van der Waals surface area contributed by atoms with Crippen molar-refractivity contribution in [3.63, 3.8) is 0 Å². The zero-order valence-electron chi connectivity index (χ0n) is 16.4. The van der Waals surface area contributed by atoms with Gasteiger partial charge in [-0.15, -0.1) is 0 Å². The summed E-state index contributed by atoms with van der Waals surface area (Å²) in [6.07, 6.45) is 2.11. The van der Waals surface area contributed by atoms with Gasteiger partial charge in [-0.2, -0.15) is 5.26 Å². The minimum absolute atomic E-state index is 0.00658. The summed E-state index contributed by atoms with van der Waals surface area (Å²) < 4.78 is 19.4. The van der Waals surface area contributed by atoms with E-state index in [1.165, 1.54) is 6.07 Å². The van der Waals surface area contributed by atoms with Crippen LogP contribution in [0.4, 0.5) is 4.39 Å². The minimum atomic E-state index is -0.227. The lowest BCUT2D eigenvalue weighted by molar-refractivity contribution is -0.126. The fraction of sp³-hybridized carbons (Fsp3) is 0.391. The fourth-order valence-electron chi connectivity index (χ4n) is 3.55. The molecule has 6 heteroatoms. The number of benzene rings is 2. The Kier molecular flexibility index (Phi) is 7.60. The molecule has 1 saturated heterocycles. The molecule has 5 nitrogen and oxygen atoms in total. The SMILES string of the molecule is N#Cc1ccccc1OCCN1CCC(C(=O)NCCc2ccccc2F)CC1. The van der Waals surface area contributed by atoms with Crippen molar-refractivity contribution in [2.45, 2.75) is 19.3 Å². The molecule has 1 fully saturated rings. The van der Waals surface area contributed by atoms with E-state index in [0.29, 0.717) is 36.4 Å². The Labute approximate surface area is 171 Å². The predicted octanol–water partition coefficient (Wildman–Crippen LogP) is 3.15. The van der Waals surface area contributed by atoms with Crippen LogP contribution < -0.4 is 10.1 Å². The number of hydrogen-bond acceptors (Lipinski definition) is 4. The van der Waals surface area contributed by atoms with E-state index in [-0.39, 0.29) is 17.6 Å². The highest BCUT2D eigenvalue weighted by Gasteiger charge is 2.24. The molecular formula is C23H26FN3O2. The fourth-order valence-corrected chi connectivity index (χ4v) is 3.55. The molecule has 0 aliphatic carbocycles. The molecule has 1 aliphatic rings. The summed E-state index contributed by atoms with van der Waals surface area (Å²) in [6.45, 7) is 3.41. The van der Waals surface area contributed by atoms with Crippen LogP contribution in [0.3, 0.4) is 0 Å². The summed E-state index contributed by atoms with van der Waals surface area (Å²) in [5.41, 5.74) is 1.17. The number of nitriles is 1. The van der Waals surface area contributed by atoms with E-state index in [2.05, 4.69) is 16.3 Å². The van der Waals surface area contributed by atoms with E-state index < -0.39 is 0 Å². The summed E-state index contributed by atoms with van der Waals surface area (Å²) in [7, 11) is 0. The maximum atomic E-state index is 13.6. The van der Waals surface area contributed by atoms with Crippen molar-refractivity contribution in [3.05, 3.63) is 65.5 Å². The van der Waals surface area contributed by atoms with Crippen molar-refractivity contribution in [1.29, 1.82) is 5.26 Å². The number of carbonyl (C=O) groups is 1. The molecule has 1 amide bonds. The van der Waals surface area contributed by atoms with E-state index >= 15 is 0 Å². The number of hydrogen-bond donors (Lipinski definition) is 1. The van der Waals surface area contributed by atoms with Crippen LogP contribution in [0.1, 0.15) is 24.0 Å². The first-order chi connectivity index (χ1) is 14.2. The summed E-state index contributed by atoms with van der Waals surface area (Å²) in [5.74, 6) is 0.445. The Hall–Kier alpha value is -2.91. The molecule has 2 aromatic rings. The topological polar surface area (TPSA) is 65.4 Å². The highest BCUT2D eigenvalue weighted by molar-refractivity contribution is 5.78. The Balaban J connectivity index is 1.34. The molecule has 1 N–H and O–H groups in total. The van der Waals surface area contributed by atoms with Crippen LogP contribution in [-0.4, -0.2) is 43.6 Å². The first kappa shape index (κ1) is 20.8. The van der Waals surface area contributed by atoms with Crippen molar-refractivity contribution < 1.29 is 13.9 Å². The second-order valence-electron chi connectivity index (χ2n) is 7.20. The summed E-state index contributed by atoms with van der Waals surface area (Å²) >= 11 is 0. The van der Waals surface area contributed by atoms with Crippen LogP contribution in [0.2, 0.25) is 0 Å². The van der Waals surface area contributed by atoms with E-state index in [1.54, 1.807) is 30.3 Å². The van der Waals surface area contributed by atoms with Gasteiger partial charge in [0.15, 0.2) is 0 Å². The van der Waals surface area contributed by atoms with Gasteiger partial charge in [-0.25, -0.2) is 4.39 Å². The zero-order valence-corrected chi connectivity index (χ0v) is 16.4. The lowest BCUT2D eigenvalue weighted by Crippen LogP contribution is -2.42. The first-order valence-electron chi connectivity index (χ1n) is 10.0. The van der Waals surface area contributed by atoms with Gasteiger partial charge in [0.05, 0.1) is 5.56 Å². The molecule has 1 heterocycles. The van der Waals surface area contributed by atoms with Crippen LogP contribution in [0.15, 0.2) is 48.5 Å². The van der Waals surface area contributed by atoms with Gasteiger partial charge in [0.1, 0.15) is 24.2 Å². The monoisotopic (exact) mass is 395 g/mol. The normalized spacial score (nSPS) is 14.9. The van der Waals surface area contributed by atoms with Gasteiger partial charge < -0.3 is 10.1 Å². The van der Waals surface area contributed by atoms with Gasteiger partial charge >= 0.3 is 0 Å². The number of nitrogens with zero attached hydrogens (tertiary/aromatic N) is 2. The molecule has 0 atom stereocenters. The van der Waals surface area contributed by atoms with E-state index in [9.17, 15) is 9.18 Å². The highest BCUT2D eigenvalue weighted by Crippen LogP contribution is 2.19. The molecule has 3 rings (SSSR count). The van der Waals surface area contributed by atoms with Crippen molar-refractivity contribution >= 4 is 5.91 Å². The molecule has 0 aromatic heterocycles. The number of nitrogens with one attached hydrogen (secondary N) is 1. The van der Waals surface area contributed by atoms with E-state index in [0.717, 1.165) is 32.5 Å². The van der Waals surface area contributed by atoms with Crippen LogP contribution in [0.25, 0.3) is 0 Å². The van der Waals surface area contributed by atoms with Gasteiger partial charge in [-0.3, -0.25) is 9.69 Å². The molecule has 29 heavy (non-hydrogen) atoms. The zero-order chi connectivity index (χ0) is 20.5. The second kappa shape index (κ2) is 10.6. The lowest BCUT2D eigenvalue weighted by atomic mass is 9.96. The Morgan fingerprint density at radius 1 is 1.17 bits per heavy atom. The minimum Gasteiger partial charge on any atom is -0.491 e. The molecule has 0 unspecified atom stereocenters. The number of ether oxygens (including phenoxy) is 1. The number of para-hydroxylation sites is 1. The predicted molar refractivity (Wildman–Crippen MR) is 109 cm³/mol. The number of halogens is 1. The van der Waals surface area contributed by atoms with Gasteiger partial charge in [-0.05, 0) is 56.1 Å². The van der Waals surface area contributed by atoms with Crippen LogP contribution in [0, 0.1) is 23.1 Å². The average Bonchev–Trinajstić information content (AvgIpc) is 2.76. The van der Waals surface area contributed by atoms with Gasteiger partial charge in [-0.1, -0.05) is 30.3 Å². The third-order valence-electron chi connectivity index (χ3n) is 5.28. The average molecular weight is 395 g/mol. The largest absolute Gasteiger partial charge is 0.491 e. The lowest BCUT2D eigenvalue weighted by Gasteiger charge is -2.31. The smallest absolute Gasteiger partial charge is 0.223 e. The van der Waals surface area contributed by atoms with Crippen molar-refractivity contribution in [2.75, 3.05) is 32.8 Å². The molecule has 0 radical (unpaired) electrons. The third-order valence-corrected chi connectivity index (χ3v) is 5.28. The number of likely N-dealkylation sites (tertiary alicyclic amines) is 1. The molecule has 0 saturated carbocycles. The van der Waals surface area contributed by atoms with Crippen LogP contribution >= 0.6 is 0 Å². The molecule has 1 aliphatic heterocycles. The quantitative estimate of drug-likeness (QED) is 0.746. The first-order valence-corrected chi connectivity index (χ1v) is 10.0. The Morgan fingerprint density at radius 2 is 1.90 bits per heavy atom. The van der Waals surface area contributed by atoms with Gasteiger partial charge in [0, 0.05) is 19.0 Å². The summed E-state index contributed by atoms with van der Waals surface area (Å²) in [6, 6.07) is 16.0. The summed E-state index contributed by atoms with van der Waals surface area (Å²) in [4.78, 5) is 14.6. The molecule has 152 valence electrons. The third kappa shape index (κ3) is 6.03. The van der Waals surface area contributed by atoms with Crippen molar-refractivity contribution in [3.8, 4) is 11.8 Å². The van der Waals surface area contributed by atoms with Gasteiger partial charge in [0.25, 0.3) is 0 Å². The maximum Gasteiger partial charge on any atom is 0.223 e. The summed E-state index contributed by atoms with van der Waals surface area (Å²) in [5, 5.41) is 12.0. The standard InChI is InChI=1S/C23H26FN3O2/c24-21-7-3-1-5-18(21)9-12-26-23(28)19-10-13-27(14-11-19)15-16-29-22-8-4-2-6-20(22)17-25/h1-8,19H,9-16H2,(H,26,28). The number of amides is 1. The van der Waals surface area contributed by atoms with E-state index in [1.807, 2.05) is 12.1 Å². The highest BCUT2D eigenvalue weighted by atomic mass is 19.1. The Morgan fingerprint density at radius 3 is 2.66 bits per heavy atom. The number of piperidine rings is 1. The maximum absolute atomic E-state index is 13.6. The molecule has 0 bridgehead atoms.